The van der Waals surface area contributed by atoms with Gasteiger partial charge in [-0.2, -0.15) is 0 Å². The normalized spacial score (nSPS) is 9.46. The number of amides is 1. The fourth-order valence-corrected chi connectivity index (χ4v) is 2.79. The summed E-state index contributed by atoms with van der Waals surface area (Å²) in [5, 5.41) is 8.17. The number of aryl methyl sites for hydroxylation is 1. The van der Waals surface area contributed by atoms with E-state index >= 15 is 0 Å². The first-order valence-corrected chi connectivity index (χ1v) is 10.9. The second kappa shape index (κ2) is 15.0. The van der Waals surface area contributed by atoms with Gasteiger partial charge in [-0.25, -0.2) is 13.2 Å². The third-order valence-corrected chi connectivity index (χ3v) is 4.52. The molecular formula is C27H30F3N3O2. The van der Waals surface area contributed by atoms with E-state index in [1.165, 1.54) is 18.2 Å². The van der Waals surface area contributed by atoms with Gasteiger partial charge in [0.25, 0.3) is 5.91 Å². The molecule has 3 N–H and O–H groups in total. The fourth-order valence-electron chi connectivity index (χ4n) is 2.79. The smallest absolute Gasteiger partial charge is 0.253 e. The van der Waals surface area contributed by atoms with Crippen molar-refractivity contribution in [2.45, 2.75) is 27.3 Å². The van der Waals surface area contributed by atoms with Crippen molar-refractivity contribution in [3.05, 3.63) is 101 Å². The van der Waals surface area contributed by atoms with Crippen molar-refractivity contribution < 1.29 is 22.8 Å². The van der Waals surface area contributed by atoms with Crippen LogP contribution in [-0.4, -0.2) is 19.2 Å². The number of benzene rings is 3. The van der Waals surface area contributed by atoms with Crippen LogP contribution in [-0.2, 0) is 11.3 Å². The predicted octanol–water partition coefficient (Wildman–Crippen LogP) is 6.53. The Hall–Kier alpha value is -4.07. The Labute approximate surface area is 204 Å². The molecule has 0 aromatic heterocycles. The molecule has 1 amide bonds. The van der Waals surface area contributed by atoms with E-state index in [2.05, 4.69) is 22.5 Å². The molecule has 0 radical (unpaired) electrons. The van der Waals surface area contributed by atoms with E-state index in [0.717, 1.165) is 23.4 Å². The highest BCUT2D eigenvalue weighted by molar-refractivity contribution is 6.00. The Morgan fingerprint density at radius 1 is 0.971 bits per heavy atom. The number of halogens is 3. The summed E-state index contributed by atoms with van der Waals surface area (Å²) in [4.78, 5) is 21.7. The van der Waals surface area contributed by atoms with Gasteiger partial charge in [0, 0.05) is 19.3 Å². The Kier molecular flexibility index (Phi) is 12.4. The van der Waals surface area contributed by atoms with Gasteiger partial charge in [0.2, 0.25) is 0 Å². The summed E-state index contributed by atoms with van der Waals surface area (Å²) in [5.41, 5.74) is 1.82. The Balaban J connectivity index is 0.000000926. The number of aldehydes is 1. The highest BCUT2D eigenvalue weighted by Crippen LogP contribution is 2.28. The number of allylic oxidation sites excluding steroid dienone is 1. The lowest BCUT2D eigenvalue weighted by molar-refractivity contribution is -0.104. The van der Waals surface area contributed by atoms with E-state index < -0.39 is 29.0 Å². The van der Waals surface area contributed by atoms with Gasteiger partial charge in [0.05, 0.1) is 16.9 Å². The fraction of sp³-hybridized carbons (Fsp3) is 0.185. The van der Waals surface area contributed by atoms with Crippen molar-refractivity contribution in [2.75, 3.05) is 17.7 Å². The minimum absolute atomic E-state index is 0.0585. The molecule has 8 heteroatoms. The molecule has 0 aliphatic rings. The summed E-state index contributed by atoms with van der Waals surface area (Å²) in [6.45, 7) is 9.01. The lowest BCUT2D eigenvalue weighted by Gasteiger charge is -2.15. The molecule has 186 valence electrons. The predicted molar refractivity (Wildman–Crippen MR) is 136 cm³/mol. The summed E-state index contributed by atoms with van der Waals surface area (Å²) in [7, 11) is 1.80. The maximum absolute atomic E-state index is 14.4. The number of hydrogen-bond acceptors (Lipinski definition) is 4. The van der Waals surface area contributed by atoms with E-state index in [4.69, 9.17) is 4.79 Å². The second-order valence-corrected chi connectivity index (χ2v) is 6.89. The van der Waals surface area contributed by atoms with Gasteiger partial charge in [0.15, 0.2) is 11.6 Å². The van der Waals surface area contributed by atoms with Crippen molar-refractivity contribution in [1.82, 2.24) is 5.32 Å². The second-order valence-electron chi connectivity index (χ2n) is 6.89. The van der Waals surface area contributed by atoms with Crippen LogP contribution in [0.4, 0.5) is 30.2 Å². The van der Waals surface area contributed by atoms with Gasteiger partial charge in [-0.05, 0) is 60.5 Å². The molecule has 35 heavy (non-hydrogen) atoms. The van der Waals surface area contributed by atoms with Gasteiger partial charge in [0.1, 0.15) is 12.1 Å². The highest BCUT2D eigenvalue weighted by Gasteiger charge is 2.20. The van der Waals surface area contributed by atoms with Crippen molar-refractivity contribution >= 4 is 29.3 Å². The molecule has 0 fully saturated rings. The molecule has 5 nitrogen and oxygen atoms in total. The molecule has 0 spiro atoms. The number of carbonyl (C=O) groups is 2. The first kappa shape index (κ1) is 29.0. The monoisotopic (exact) mass is 485 g/mol. The van der Waals surface area contributed by atoms with Crippen LogP contribution in [0.3, 0.4) is 0 Å². The molecule has 3 aromatic carbocycles. The van der Waals surface area contributed by atoms with E-state index in [9.17, 15) is 18.0 Å². The van der Waals surface area contributed by atoms with Crippen LogP contribution in [0.25, 0.3) is 0 Å². The lowest BCUT2D eigenvalue weighted by Crippen LogP contribution is -2.24. The molecule has 3 aromatic rings. The van der Waals surface area contributed by atoms with Crippen molar-refractivity contribution in [1.29, 1.82) is 0 Å². The van der Waals surface area contributed by atoms with Crippen LogP contribution in [0.2, 0.25) is 0 Å². The van der Waals surface area contributed by atoms with Crippen LogP contribution >= 0.6 is 0 Å². The number of rotatable bonds is 7. The SMILES string of the molecule is C=CC=O.CC.CNc1ccc(CNC(=O)c2ccc(F)c(F)c2Nc2ccc(C)cc2F)cc1. The minimum Gasteiger partial charge on any atom is -0.388 e. The van der Waals surface area contributed by atoms with Gasteiger partial charge in [-0.1, -0.05) is 38.6 Å². The number of hydrogen-bond donors (Lipinski definition) is 3. The minimum atomic E-state index is -1.25. The quantitative estimate of drug-likeness (QED) is 0.263. The zero-order chi connectivity index (χ0) is 26.4. The molecule has 0 heterocycles. The summed E-state index contributed by atoms with van der Waals surface area (Å²) in [5.74, 6) is -3.64. The zero-order valence-corrected chi connectivity index (χ0v) is 20.2. The van der Waals surface area contributed by atoms with Crippen LogP contribution < -0.4 is 16.0 Å². The van der Waals surface area contributed by atoms with Crippen LogP contribution in [0.15, 0.2) is 67.3 Å². The van der Waals surface area contributed by atoms with E-state index in [-0.39, 0.29) is 17.8 Å². The third kappa shape index (κ3) is 8.66. The van der Waals surface area contributed by atoms with Crippen LogP contribution in [0.1, 0.15) is 35.3 Å². The summed E-state index contributed by atoms with van der Waals surface area (Å²) >= 11 is 0. The molecule has 0 bridgehead atoms. The lowest BCUT2D eigenvalue weighted by atomic mass is 10.1. The Morgan fingerprint density at radius 3 is 2.14 bits per heavy atom. The standard InChI is InChI=1S/C22H20F3N3O.C3H4O.C2H6/c1-13-3-10-19(18(24)11-13)28-21-16(8-9-17(23)20(21)25)22(29)27-12-14-4-6-15(26-2)7-5-14;1-2-3-4;1-2/h3-11,26,28H,12H2,1-2H3,(H,27,29);2-3H,1H2;1-2H3. The molecule has 0 unspecified atom stereocenters. The van der Waals surface area contributed by atoms with Gasteiger partial charge >= 0.3 is 0 Å². The molecule has 3 rings (SSSR count). The number of carbonyl (C=O) groups excluding carboxylic acids is 2. The molecule has 0 aliphatic carbocycles. The summed E-state index contributed by atoms with van der Waals surface area (Å²) < 4.78 is 42.3. The number of anilines is 3. The van der Waals surface area contributed by atoms with Gasteiger partial charge in [-0.15, -0.1) is 0 Å². The average Bonchev–Trinajstić information content (AvgIpc) is 2.88. The summed E-state index contributed by atoms with van der Waals surface area (Å²) in [6.07, 6.45) is 1.83. The Morgan fingerprint density at radius 2 is 1.60 bits per heavy atom. The van der Waals surface area contributed by atoms with E-state index in [1.54, 1.807) is 20.0 Å². The largest absolute Gasteiger partial charge is 0.388 e. The maximum atomic E-state index is 14.4. The first-order valence-electron chi connectivity index (χ1n) is 10.9. The third-order valence-electron chi connectivity index (χ3n) is 4.52. The number of nitrogens with one attached hydrogen (secondary N) is 3. The van der Waals surface area contributed by atoms with Gasteiger partial charge in [-0.3, -0.25) is 9.59 Å². The molecule has 0 atom stereocenters. The molecule has 0 aliphatic heterocycles. The topological polar surface area (TPSA) is 70.2 Å². The van der Waals surface area contributed by atoms with Crippen LogP contribution in [0.5, 0.6) is 0 Å². The van der Waals surface area contributed by atoms with Gasteiger partial charge < -0.3 is 16.0 Å². The maximum Gasteiger partial charge on any atom is 0.253 e. The molecule has 0 saturated carbocycles. The van der Waals surface area contributed by atoms with Crippen molar-refractivity contribution in [3.63, 3.8) is 0 Å². The van der Waals surface area contributed by atoms with Crippen molar-refractivity contribution in [2.24, 2.45) is 0 Å². The van der Waals surface area contributed by atoms with E-state index in [1.807, 2.05) is 38.1 Å². The highest BCUT2D eigenvalue weighted by atomic mass is 19.2. The molecule has 0 saturated heterocycles. The van der Waals surface area contributed by atoms with Crippen LogP contribution in [0, 0.1) is 24.4 Å². The first-order chi connectivity index (χ1) is 16.8. The summed E-state index contributed by atoms with van der Waals surface area (Å²) in [6, 6.07) is 13.7. The average molecular weight is 486 g/mol. The molecular weight excluding hydrogens is 455 g/mol. The van der Waals surface area contributed by atoms with Crippen molar-refractivity contribution in [3.8, 4) is 0 Å². The Bertz CT molecular complexity index is 1130. The van der Waals surface area contributed by atoms with E-state index in [0.29, 0.717) is 11.8 Å². The zero-order valence-electron chi connectivity index (χ0n) is 20.2.